The van der Waals surface area contributed by atoms with E-state index in [0.29, 0.717) is 24.7 Å². The van der Waals surface area contributed by atoms with Gasteiger partial charge in [0.15, 0.2) is 0 Å². The quantitative estimate of drug-likeness (QED) is 0.873. The molecule has 1 saturated heterocycles. The van der Waals surface area contributed by atoms with Gasteiger partial charge in [0.25, 0.3) is 0 Å². The molecule has 1 aliphatic heterocycles. The first-order chi connectivity index (χ1) is 12.0. The minimum absolute atomic E-state index is 0.0238. The average Bonchev–Trinajstić information content (AvgIpc) is 3.01. The van der Waals surface area contributed by atoms with Crippen molar-refractivity contribution in [3.05, 3.63) is 41.6 Å². The zero-order valence-electron chi connectivity index (χ0n) is 14.2. The number of hydrogen-bond acceptors (Lipinski definition) is 3. The lowest BCUT2D eigenvalue weighted by atomic mass is 9.97. The SMILES string of the molecule is CC(=O)NC[C@H]1CCCN(Cc2cn[nH]c2-c2c(F)cccc2F)C1. The van der Waals surface area contributed by atoms with E-state index in [2.05, 4.69) is 20.4 Å². The summed E-state index contributed by atoms with van der Waals surface area (Å²) in [5, 5.41) is 9.58. The number of carbonyl (C=O) groups excluding carboxylic acids is 1. The summed E-state index contributed by atoms with van der Waals surface area (Å²) in [4.78, 5) is 13.3. The van der Waals surface area contributed by atoms with Gasteiger partial charge in [-0.15, -0.1) is 0 Å². The van der Waals surface area contributed by atoms with Gasteiger partial charge in [-0.2, -0.15) is 5.10 Å². The maximum absolute atomic E-state index is 14.1. The average molecular weight is 348 g/mol. The van der Waals surface area contributed by atoms with Gasteiger partial charge in [0, 0.05) is 32.1 Å². The van der Waals surface area contributed by atoms with E-state index in [1.165, 1.54) is 25.1 Å². The predicted octanol–water partition coefficient (Wildman–Crippen LogP) is 2.70. The van der Waals surface area contributed by atoms with Crippen LogP contribution >= 0.6 is 0 Å². The summed E-state index contributed by atoms with van der Waals surface area (Å²) in [6.45, 7) is 4.50. The summed E-state index contributed by atoms with van der Waals surface area (Å²) < 4.78 is 28.1. The molecule has 3 rings (SSSR count). The Kier molecular flexibility index (Phi) is 5.43. The summed E-state index contributed by atoms with van der Waals surface area (Å²) >= 11 is 0. The van der Waals surface area contributed by atoms with Gasteiger partial charge in [-0.3, -0.25) is 14.8 Å². The Morgan fingerprint density at radius 1 is 1.40 bits per heavy atom. The maximum Gasteiger partial charge on any atom is 0.216 e. The molecular weight excluding hydrogens is 326 g/mol. The molecule has 7 heteroatoms. The van der Waals surface area contributed by atoms with Crippen molar-refractivity contribution in [2.75, 3.05) is 19.6 Å². The maximum atomic E-state index is 14.1. The Hall–Kier alpha value is -2.28. The molecule has 0 bridgehead atoms. The molecule has 5 nitrogen and oxygen atoms in total. The van der Waals surface area contributed by atoms with Crippen molar-refractivity contribution in [2.24, 2.45) is 5.92 Å². The molecule has 134 valence electrons. The molecule has 1 fully saturated rings. The largest absolute Gasteiger partial charge is 0.356 e. The van der Waals surface area contributed by atoms with Crippen molar-refractivity contribution in [3.8, 4) is 11.3 Å². The van der Waals surface area contributed by atoms with E-state index in [9.17, 15) is 13.6 Å². The topological polar surface area (TPSA) is 61.0 Å². The molecule has 1 aliphatic rings. The van der Waals surface area contributed by atoms with Crippen molar-refractivity contribution >= 4 is 5.91 Å². The number of aromatic amines is 1. The summed E-state index contributed by atoms with van der Waals surface area (Å²) in [6.07, 6.45) is 3.72. The summed E-state index contributed by atoms with van der Waals surface area (Å²) in [5.41, 5.74) is 1.09. The third-order valence-electron chi connectivity index (χ3n) is 4.57. The standard InChI is InChI=1S/C18H22F2N4O/c1-12(25)21-8-13-4-3-7-24(10-13)11-14-9-22-23-18(14)17-15(19)5-2-6-16(17)20/h2,5-6,9,13H,3-4,7-8,10-11H2,1H3,(H,21,25)(H,22,23)/t13-/m1/s1. The molecule has 1 aromatic carbocycles. The zero-order valence-corrected chi connectivity index (χ0v) is 14.2. The van der Waals surface area contributed by atoms with Crippen LogP contribution in [0.2, 0.25) is 0 Å². The Balaban J connectivity index is 1.72. The normalized spacial score (nSPS) is 18.3. The Morgan fingerprint density at radius 3 is 2.88 bits per heavy atom. The lowest BCUT2D eigenvalue weighted by Gasteiger charge is -2.32. The van der Waals surface area contributed by atoms with Crippen molar-refractivity contribution < 1.29 is 13.6 Å². The van der Waals surface area contributed by atoms with Crippen LogP contribution < -0.4 is 5.32 Å². The predicted molar refractivity (Wildman–Crippen MR) is 90.6 cm³/mol. The highest BCUT2D eigenvalue weighted by atomic mass is 19.1. The van der Waals surface area contributed by atoms with Gasteiger partial charge in [0.1, 0.15) is 11.6 Å². The molecule has 2 N–H and O–H groups in total. The van der Waals surface area contributed by atoms with Gasteiger partial charge >= 0.3 is 0 Å². The molecule has 1 aromatic heterocycles. The van der Waals surface area contributed by atoms with Crippen LogP contribution in [0.25, 0.3) is 11.3 Å². The molecule has 0 saturated carbocycles. The van der Waals surface area contributed by atoms with Gasteiger partial charge in [0.05, 0.1) is 17.5 Å². The van der Waals surface area contributed by atoms with E-state index >= 15 is 0 Å². The molecule has 0 unspecified atom stereocenters. The second-order valence-corrected chi connectivity index (χ2v) is 6.55. The second kappa shape index (κ2) is 7.74. The minimum Gasteiger partial charge on any atom is -0.356 e. The first-order valence-electron chi connectivity index (χ1n) is 8.48. The number of aromatic nitrogens is 2. The number of benzene rings is 1. The van der Waals surface area contributed by atoms with Crippen molar-refractivity contribution in [3.63, 3.8) is 0 Å². The van der Waals surface area contributed by atoms with Gasteiger partial charge < -0.3 is 5.32 Å². The highest BCUT2D eigenvalue weighted by Crippen LogP contribution is 2.28. The molecule has 25 heavy (non-hydrogen) atoms. The van der Waals surface area contributed by atoms with E-state index in [-0.39, 0.29) is 11.5 Å². The number of rotatable bonds is 5. The second-order valence-electron chi connectivity index (χ2n) is 6.55. The van der Waals surface area contributed by atoms with Crippen molar-refractivity contribution in [1.29, 1.82) is 0 Å². The number of nitrogens with zero attached hydrogens (tertiary/aromatic N) is 2. The van der Waals surface area contributed by atoms with Crippen molar-refractivity contribution in [1.82, 2.24) is 20.4 Å². The number of halogens is 2. The minimum atomic E-state index is -0.604. The molecule has 2 heterocycles. The van der Waals surface area contributed by atoms with Crippen LogP contribution in [0.4, 0.5) is 8.78 Å². The lowest BCUT2D eigenvalue weighted by Crippen LogP contribution is -2.40. The van der Waals surface area contributed by atoms with Crippen LogP contribution in [0.15, 0.2) is 24.4 Å². The van der Waals surface area contributed by atoms with E-state index < -0.39 is 11.6 Å². The number of piperidine rings is 1. The van der Waals surface area contributed by atoms with Gasteiger partial charge in [-0.05, 0) is 37.4 Å². The number of H-pyrrole nitrogens is 1. The monoisotopic (exact) mass is 348 g/mol. The Bertz CT molecular complexity index is 726. The third kappa shape index (κ3) is 4.22. The number of hydrogen-bond donors (Lipinski definition) is 2. The van der Waals surface area contributed by atoms with E-state index in [1.807, 2.05) is 0 Å². The molecular formula is C18H22F2N4O. The van der Waals surface area contributed by atoms with Gasteiger partial charge in [-0.25, -0.2) is 8.78 Å². The van der Waals surface area contributed by atoms with Gasteiger partial charge in [-0.1, -0.05) is 6.07 Å². The fourth-order valence-electron chi connectivity index (χ4n) is 3.37. The highest BCUT2D eigenvalue weighted by Gasteiger charge is 2.23. The van der Waals surface area contributed by atoms with Crippen LogP contribution in [0.5, 0.6) is 0 Å². The summed E-state index contributed by atoms with van der Waals surface area (Å²) in [7, 11) is 0. The van der Waals surface area contributed by atoms with Gasteiger partial charge in [0.2, 0.25) is 5.91 Å². The van der Waals surface area contributed by atoms with Crippen LogP contribution in [0.3, 0.4) is 0 Å². The number of carbonyl (C=O) groups is 1. The van der Waals surface area contributed by atoms with Crippen LogP contribution in [0, 0.1) is 17.6 Å². The fourth-order valence-corrected chi connectivity index (χ4v) is 3.37. The smallest absolute Gasteiger partial charge is 0.216 e. The van der Waals surface area contributed by atoms with Crippen LogP contribution in [-0.4, -0.2) is 40.6 Å². The van der Waals surface area contributed by atoms with Crippen LogP contribution in [-0.2, 0) is 11.3 Å². The number of likely N-dealkylation sites (tertiary alicyclic amines) is 1. The molecule has 2 aromatic rings. The van der Waals surface area contributed by atoms with E-state index in [0.717, 1.165) is 31.5 Å². The number of amides is 1. The van der Waals surface area contributed by atoms with E-state index in [4.69, 9.17) is 0 Å². The Labute approximate surface area is 145 Å². The first kappa shape index (κ1) is 17.5. The first-order valence-corrected chi connectivity index (χ1v) is 8.48. The molecule has 1 atom stereocenters. The zero-order chi connectivity index (χ0) is 17.8. The van der Waals surface area contributed by atoms with Crippen molar-refractivity contribution in [2.45, 2.75) is 26.3 Å². The molecule has 1 amide bonds. The highest BCUT2D eigenvalue weighted by molar-refractivity contribution is 5.72. The Morgan fingerprint density at radius 2 is 2.16 bits per heavy atom. The molecule has 0 radical (unpaired) electrons. The summed E-state index contributed by atoms with van der Waals surface area (Å²) in [6, 6.07) is 3.84. The van der Waals surface area contributed by atoms with E-state index in [1.54, 1.807) is 6.20 Å². The number of nitrogens with one attached hydrogen (secondary N) is 2. The summed E-state index contributed by atoms with van der Waals surface area (Å²) in [5.74, 6) is -0.845. The van der Waals surface area contributed by atoms with Crippen LogP contribution in [0.1, 0.15) is 25.3 Å². The lowest BCUT2D eigenvalue weighted by molar-refractivity contribution is -0.119. The fraction of sp³-hybridized carbons (Fsp3) is 0.444. The molecule has 0 spiro atoms. The molecule has 0 aliphatic carbocycles. The third-order valence-corrected chi connectivity index (χ3v) is 4.57.